The van der Waals surface area contributed by atoms with Crippen LogP contribution >= 0.6 is 11.3 Å². The average Bonchev–Trinajstić information content (AvgIpc) is 3.10. The molecule has 1 aliphatic rings. The number of carbonyl (C=O) groups excluding carboxylic acids is 2. The van der Waals surface area contributed by atoms with E-state index in [1.54, 1.807) is 18.5 Å². The Kier molecular flexibility index (Phi) is 6.72. The van der Waals surface area contributed by atoms with E-state index in [-0.39, 0.29) is 23.8 Å². The second-order valence-corrected chi connectivity index (χ2v) is 8.23. The first kappa shape index (κ1) is 20.4. The third-order valence-corrected chi connectivity index (χ3v) is 6.23. The molecule has 1 aliphatic heterocycles. The van der Waals surface area contributed by atoms with E-state index in [1.165, 1.54) is 11.3 Å². The zero-order valence-electron chi connectivity index (χ0n) is 16.6. The first-order valence-electron chi connectivity index (χ1n) is 9.84. The summed E-state index contributed by atoms with van der Waals surface area (Å²) in [6.45, 7) is 7.12. The highest BCUT2D eigenvalue weighted by atomic mass is 32.1. The van der Waals surface area contributed by atoms with Gasteiger partial charge in [0.2, 0.25) is 5.91 Å². The molecule has 0 bridgehead atoms. The van der Waals surface area contributed by atoms with Crippen molar-refractivity contribution in [3.8, 4) is 10.8 Å². The number of thiazole rings is 1. The number of aryl methyl sites for hydroxylation is 1. The number of hydrogen-bond acceptors (Lipinski definition) is 6. The fraction of sp³-hybridized carbons (Fsp3) is 0.550. The molecule has 0 aromatic carbocycles. The minimum absolute atomic E-state index is 0.0533. The Hall–Kier alpha value is -2.35. The van der Waals surface area contributed by atoms with Crippen molar-refractivity contribution in [3.05, 3.63) is 29.0 Å². The average molecular weight is 402 g/mol. The molecule has 150 valence electrons. The van der Waals surface area contributed by atoms with Gasteiger partial charge in [0.25, 0.3) is 5.91 Å². The third-order valence-electron chi connectivity index (χ3n) is 5.09. The molecule has 28 heavy (non-hydrogen) atoms. The Bertz CT molecular complexity index is 823. The van der Waals surface area contributed by atoms with Gasteiger partial charge < -0.3 is 10.2 Å². The Labute approximate surface area is 169 Å². The van der Waals surface area contributed by atoms with E-state index in [2.05, 4.69) is 27.2 Å². The van der Waals surface area contributed by atoms with Crippen LogP contribution in [0.3, 0.4) is 0 Å². The summed E-state index contributed by atoms with van der Waals surface area (Å²) in [5.41, 5.74) is 0.680. The molecule has 0 aliphatic carbocycles. The van der Waals surface area contributed by atoms with Crippen molar-refractivity contribution in [2.45, 2.75) is 52.5 Å². The summed E-state index contributed by atoms with van der Waals surface area (Å²) >= 11 is 1.32. The number of aromatic nitrogens is 3. The van der Waals surface area contributed by atoms with Gasteiger partial charge in [0.05, 0.1) is 11.6 Å². The molecule has 2 atom stereocenters. The van der Waals surface area contributed by atoms with E-state index >= 15 is 0 Å². The molecular weight excluding hydrogens is 374 g/mol. The van der Waals surface area contributed by atoms with Gasteiger partial charge in [0.1, 0.15) is 4.88 Å². The standard InChI is InChI=1S/C20H27N5O2S/c1-4-5-9-23-18(26)15-8-7-13(2)25(12-15)20(27)16-14(3)24-19(28-16)17-21-10-6-11-22-17/h6,10-11,13,15H,4-5,7-9,12H2,1-3H3,(H,23,26). The summed E-state index contributed by atoms with van der Waals surface area (Å²) in [6, 6.07) is 1.85. The number of piperidine rings is 1. The van der Waals surface area contributed by atoms with E-state index < -0.39 is 0 Å². The number of hydrogen-bond donors (Lipinski definition) is 1. The Morgan fingerprint density at radius 3 is 2.75 bits per heavy atom. The van der Waals surface area contributed by atoms with Gasteiger partial charge in [-0.2, -0.15) is 0 Å². The van der Waals surface area contributed by atoms with Crippen LogP contribution in [-0.4, -0.2) is 50.8 Å². The van der Waals surface area contributed by atoms with Crippen LogP contribution < -0.4 is 5.32 Å². The summed E-state index contributed by atoms with van der Waals surface area (Å²) < 4.78 is 0. The fourth-order valence-electron chi connectivity index (χ4n) is 3.37. The SMILES string of the molecule is CCCCNC(=O)C1CCC(C)N(C(=O)c2sc(-c3ncccn3)nc2C)C1. The van der Waals surface area contributed by atoms with Crippen LogP contribution in [0.4, 0.5) is 0 Å². The lowest BCUT2D eigenvalue weighted by Crippen LogP contribution is -2.49. The Balaban J connectivity index is 1.74. The van der Waals surface area contributed by atoms with Crippen LogP contribution in [0.2, 0.25) is 0 Å². The molecule has 3 rings (SSSR count). The molecule has 2 amide bonds. The number of likely N-dealkylation sites (tertiary alicyclic amines) is 1. The van der Waals surface area contributed by atoms with E-state index in [0.29, 0.717) is 34.5 Å². The number of unbranched alkanes of at least 4 members (excludes halogenated alkanes) is 1. The molecular formula is C20H27N5O2S. The van der Waals surface area contributed by atoms with Crippen molar-refractivity contribution < 1.29 is 9.59 Å². The molecule has 2 aromatic rings. The molecule has 8 heteroatoms. The van der Waals surface area contributed by atoms with Gasteiger partial charge in [-0.25, -0.2) is 15.0 Å². The van der Waals surface area contributed by atoms with Gasteiger partial charge in [-0.15, -0.1) is 11.3 Å². The smallest absolute Gasteiger partial charge is 0.266 e. The van der Waals surface area contributed by atoms with Gasteiger partial charge in [-0.05, 0) is 39.2 Å². The largest absolute Gasteiger partial charge is 0.356 e. The van der Waals surface area contributed by atoms with Crippen molar-refractivity contribution in [2.24, 2.45) is 5.92 Å². The second-order valence-electron chi connectivity index (χ2n) is 7.23. The van der Waals surface area contributed by atoms with E-state index in [1.807, 2.05) is 18.7 Å². The monoisotopic (exact) mass is 401 g/mol. The zero-order valence-corrected chi connectivity index (χ0v) is 17.5. The maximum Gasteiger partial charge on any atom is 0.266 e. The summed E-state index contributed by atoms with van der Waals surface area (Å²) in [4.78, 5) is 41.0. The highest BCUT2D eigenvalue weighted by Crippen LogP contribution is 2.30. The molecule has 7 nitrogen and oxygen atoms in total. The predicted octanol–water partition coefficient (Wildman–Crippen LogP) is 3.07. The van der Waals surface area contributed by atoms with E-state index in [4.69, 9.17) is 0 Å². The maximum atomic E-state index is 13.2. The van der Waals surface area contributed by atoms with E-state index in [9.17, 15) is 9.59 Å². The van der Waals surface area contributed by atoms with Crippen LogP contribution in [-0.2, 0) is 4.79 Å². The molecule has 0 saturated carbocycles. The van der Waals surface area contributed by atoms with Crippen molar-refractivity contribution in [3.63, 3.8) is 0 Å². The minimum Gasteiger partial charge on any atom is -0.356 e. The second kappa shape index (κ2) is 9.23. The van der Waals surface area contributed by atoms with Crippen LogP contribution in [0.25, 0.3) is 10.8 Å². The normalized spacial score (nSPS) is 19.5. The predicted molar refractivity (Wildman–Crippen MR) is 109 cm³/mol. The van der Waals surface area contributed by atoms with Crippen LogP contribution in [0.5, 0.6) is 0 Å². The highest BCUT2D eigenvalue weighted by Gasteiger charge is 2.34. The van der Waals surface area contributed by atoms with Crippen molar-refractivity contribution in [1.82, 2.24) is 25.2 Å². The molecule has 1 saturated heterocycles. The van der Waals surface area contributed by atoms with Gasteiger partial charge in [-0.3, -0.25) is 9.59 Å². The Morgan fingerprint density at radius 2 is 2.04 bits per heavy atom. The number of nitrogens with zero attached hydrogens (tertiary/aromatic N) is 4. The topological polar surface area (TPSA) is 88.1 Å². The van der Waals surface area contributed by atoms with Crippen molar-refractivity contribution in [1.29, 1.82) is 0 Å². The van der Waals surface area contributed by atoms with Gasteiger partial charge >= 0.3 is 0 Å². The molecule has 2 unspecified atom stereocenters. The third kappa shape index (κ3) is 4.55. The Morgan fingerprint density at radius 1 is 1.29 bits per heavy atom. The fourth-order valence-corrected chi connectivity index (χ4v) is 4.34. The van der Waals surface area contributed by atoms with Crippen LogP contribution in [0.15, 0.2) is 18.5 Å². The lowest BCUT2D eigenvalue weighted by molar-refractivity contribution is -0.126. The quantitative estimate of drug-likeness (QED) is 0.752. The van der Waals surface area contributed by atoms with Crippen molar-refractivity contribution in [2.75, 3.05) is 13.1 Å². The first-order valence-corrected chi connectivity index (χ1v) is 10.7. The first-order chi connectivity index (χ1) is 13.5. The summed E-state index contributed by atoms with van der Waals surface area (Å²) in [5, 5.41) is 3.64. The van der Waals surface area contributed by atoms with Crippen LogP contribution in [0, 0.1) is 12.8 Å². The lowest BCUT2D eigenvalue weighted by atomic mass is 9.92. The number of nitrogens with one attached hydrogen (secondary N) is 1. The molecule has 1 fully saturated rings. The zero-order chi connectivity index (χ0) is 20.1. The molecule has 1 N–H and O–H groups in total. The molecule has 2 aromatic heterocycles. The van der Waals surface area contributed by atoms with Gasteiger partial charge in [0.15, 0.2) is 10.8 Å². The summed E-state index contributed by atoms with van der Waals surface area (Å²) in [5.74, 6) is 0.366. The number of carbonyl (C=O) groups is 2. The molecule has 0 spiro atoms. The van der Waals surface area contributed by atoms with Crippen molar-refractivity contribution >= 4 is 23.2 Å². The minimum atomic E-state index is -0.151. The molecule has 3 heterocycles. The van der Waals surface area contributed by atoms with Crippen LogP contribution in [0.1, 0.15) is 54.9 Å². The highest BCUT2D eigenvalue weighted by molar-refractivity contribution is 7.17. The van der Waals surface area contributed by atoms with Gasteiger partial charge in [0, 0.05) is 31.5 Å². The summed E-state index contributed by atoms with van der Waals surface area (Å²) in [6.07, 6.45) is 6.98. The summed E-state index contributed by atoms with van der Waals surface area (Å²) in [7, 11) is 0. The van der Waals surface area contributed by atoms with Gasteiger partial charge in [-0.1, -0.05) is 13.3 Å². The van der Waals surface area contributed by atoms with E-state index in [0.717, 1.165) is 25.7 Å². The molecule has 0 radical (unpaired) electrons. The number of rotatable bonds is 6. The number of amides is 2. The maximum absolute atomic E-state index is 13.2. The lowest BCUT2D eigenvalue weighted by Gasteiger charge is -2.37.